The van der Waals surface area contributed by atoms with E-state index in [-0.39, 0.29) is 12.0 Å². The zero-order valence-electron chi connectivity index (χ0n) is 21.4. The minimum Gasteiger partial charge on any atom is -0.363 e. The van der Waals surface area contributed by atoms with Crippen LogP contribution in [0.25, 0.3) is 21.3 Å². The Bertz CT molecular complexity index is 1330. The first-order valence-corrected chi connectivity index (χ1v) is 15.9. The van der Waals surface area contributed by atoms with Gasteiger partial charge in [0.2, 0.25) is 10.0 Å². The minimum absolute atomic E-state index is 0.194. The Hall–Kier alpha value is -2.27. The summed E-state index contributed by atoms with van der Waals surface area (Å²) in [6.45, 7) is 7.41. The molecule has 3 fully saturated rings. The number of hydrogen-bond donors (Lipinski definition) is 0. The summed E-state index contributed by atoms with van der Waals surface area (Å²) in [4.78, 5) is 15.1. The molecule has 1 unspecified atom stereocenters. The lowest BCUT2D eigenvalue weighted by Gasteiger charge is -2.40. The Labute approximate surface area is 223 Å². The maximum atomic E-state index is 12.9. The lowest BCUT2D eigenvalue weighted by Crippen LogP contribution is -2.46. The molecule has 1 atom stereocenters. The number of nitrogens with zero attached hydrogens (tertiary/aromatic N) is 5. The van der Waals surface area contributed by atoms with E-state index in [0.717, 1.165) is 77.8 Å². The number of ether oxygens (including phenoxy) is 1. The molecular weight excluding hydrogens is 506 g/mol. The van der Waals surface area contributed by atoms with Crippen molar-refractivity contribution in [2.45, 2.75) is 45.3 Å². The van der Waals surface area contributed by atoms with Crippen molar-refractivity contribution in [1.82, 2.24) is 14.9 Å². The van der Waals surface area contributed by atoms with Crippen LogP contribution in [0.5, 0.6) is 0 Å². The predicted molar refractivity (Wildman–Crippen MR) is 150 cm³/mol. The van der Waals surface area contributed by atoms with Gasteiger partial charge in [0.1, 0.15) is 28.2 Å². The Morgan fingerprint density at radius 1 is 1.03 bits per heavy atom. The van der Waals surface area contributed by atoms with Crippen LogP contribution in [0.4, 0.5) is 10.8 Å². The number of hydrogen-bond acceptors (Lipinski definition) is 8. The molecule has 1 aromatic carbocycles. The van der Waals surface area contributed by atoms with E-state index in [1.807, 2.05) is 18.2 Å². The van der Waals surface area contributed by atoms with Crippen LogP contribution in [0.3, 0.4) is 0 Å². The van der Waals surface area contributed by atoms with Crippen molar-refractivity contribution >= 4 is 42.4 Å². The van der Waals surface area contributed by atoms with Gasteiger partial charge in [-0.1, -0.05) is 41.7 Å². The van der Waals surface area contributed by atoms with E-state index in [4.69, 9.17) is 9.72 Å². The van der Waals surface area contributed by atoms with Crippen molar-refractivity contribution in [2.24, 2.45) is 5.92 Å². The highest BCUT2D eigenvalue weighted by Crippen LogP contribution is 2.48. The Kier molecular flexibility index (Phi) is 7.09. The van der Waals surface area contributed by atoms with Crippen molar-refractivity contribution in [2.75, 3.05) is 54.3 Å². The van der Waals surface area contributed by atoms with E-state index in [1.54, 1.807) is 10.6 Å². The number of thiophene rings is 1. The van der Waals surface area contributed by atoms with Crippen molar-refractivity contribution in [3.8, 4) is 11.1 Å². The van der Waals surface area contributed by atoms with Gasteiger partial charge in [-0.3, -0.25) is 9.21 Å². The van der Waals surface area contributed by atoms with Crippen LogP contribution in [0, 0.1) is 5.92 Å². The van der Waals surface area contributed by atoms with Crippen LogP contribution in [0.2, 0.25) is 0 Å². The van der Waals surface area contributed by atoms with Gasteiger partial charge in [-0.15, -0.1) is 0 Å². The molecule has 8 nitrogen and oxygen atoms in total. The second kappa shape index (κ2) is 10.5. The molecule has 3 aliphatic rings. The standard InChI is InChI=1S/C27H35N5O3S2/c1-2-35-26(31-13-6-7-14-31)21-11-16-30(17-12-21)24-23-22(20-9-4-3-5-10-20)27(36-25(23)29-19-28-24)32-15-8-18-37(32,33)34/h3-5,9-10,19,21,26H,2,6-8,11-18H2,1H3. The van der Waals surface area contributed by atoms with Gasteiger partial charge < -0.3 is 9.64 Å². The summed E-state index contributed by atoms with van der Waals surface area (Å²) in [5.74, 6) is 1.61. The molecule has 6 rings (SSSR count). The molecule has 3 aliphatic heterocycles. The fourth-order valence-electron chi connectivity index (χ4n) is 6.16. The zero-order chi connectivity index (χ0) is 25.4. The average molecular weight is 542 g/mol. The third kappa shape index (κ3) is 4.73. The predicted octanol–water partition coefficient (Wildman–Crippen LogP) is 4.57. The fraction of sp³-hybridized carbons (Fsp3) is 0.556. The first-order valence-electron chi connectivity index (χ1n) is 13.5. The molecule has 5 heterocycles. The van der Waals surface area contributed by atoms with Gasteiger partial charge in [-0.05, 0) is 44.6 Å². The number of fused-ring (bicyclic) bond motifs is 1. The first kappa shape index (κ1) is 25.0. The highest BCUT2D eigenvalue weighted by Gasteiger charge is 2.36. The summed E-state index contributed by atoms with van der Waals surface area (Å²) >= 11 is 1.47. The van der Waals surface area contributed by atoms with Gasteiger partial charge in [0.15, 0.2) is 0 Å². The second-order valence-corrected chi connectivity index (χ2v) is 13.2. The summed E-state index contributed by atoms with van der Waals surface area (Å²) in [6.07, 6.45) is 7.09. The molecule has 10 heteroatoms. The maximum absolute atomic E-state index is 12.9. The average Bonchev–Trinajstić information content (AvgIpc) is 3.66. The molecule has 0 spiro atoms. The van der Waals surface area contributed by atoms with E-state index >= 15 is 0 Å². The topological polar surface area (TPSA) is 78.9 Å². The highest BCUT2D eigenvalue weighted by atomic mass is 32.2. The molecular formula is C27H35N5O3S2. The van der Waals surface area contributed by atoms with Gasteiger partial charge in [-0.25, -0.2) is 18.4 Å². The Balaban J connectivity index is 1.36. The second-order valence-electron chi connectivity index (χ2n) is 10.2. The third-order valence-corrected chi connectivity index (χ3v) is 11.0. The molecule has 0 aliphatic carbocycles. The van der Waals surface area contributed by atoms with Crippen LogP contribution < -0.4 is 9.21 Å². The lowest BCUT2D eigenvalue weighted by molar-refractivity contribution is -0.0858. The van der Waals surface area contributed by atoms with E-state index in [1.165, 1.54) is 24.2 Å². The lowest BCUT2D eigenvalue weighted by atomic mass is 9.93. The summed E-state index contributed by atoms with van der Waals surface area (Å²) in [7, 11) is -3.32. The number of sulfonamides is 1. The van der Waals surface area contributed by atoms with E-state index in [2.05, 4.69) is 33.8 Å². The number of rotatable bonds is 7. The van der Waals surface area contributed by atoms with Crippen LogP contribution >= 0.6 is 11.3 Å². The quantitative estimate of drug-likeness (QED) is 0.433. The normalized spacial score (nSPS) is 21.8. The zero-order valence-corrected chi connectivity index (χ0v) is 23.0. The summed E-state index contributed by atoms with van der Waals surface area (Å²) < 4.78 is 33.7. The first-order chi connectivity index (χ1) is 18.1. The molecule has 3 saturated heterocycles. The molecule has 0 radical (unpaired) electrons. The van der Waals surface area contributed by atoms with E-state index in [9.17, 15) is 8.42 Å². The summed E-state index contributed by atoms with van der Waals surface area (Å²) in [5.41, 5.74) is 1.94. The van der Waals surface area contributed by atoms with Crippen molar-refractivity contribution in [3.63, 3.8) is 0 Å². The largest absolute Gasteiger partial charge is 0.363 e. The molecule has 3 aromatic rings. The highest BCUT2D eigenvalue weighted by molar-refractivity contribution is 7.93. The number of aromatic nitrogens is 2. The molecule has 37 heavy (non-hydrogen) atoms. The van der Waals surface area contributed by atoms with E-state index in [0.29, 0.717) is 18.9 Å². The van der Waals surface area contributed by atoms with Gasteiger partial charge in [0.05, 0.1) is 11.1 Å². The third-order valence-electron chi connectivity index (χ3n) is 7.92. The van der Waals surface area contributed by atoms with Crippen molar-refractivity contribution in [3.05, 3.63) is 36.7 Å². The number of piperidine rings is 1. The van der Waals surface area contributed by atoms with Gasteiger partial charge in [-0.2, -0.15) is 0 Å². The Morgan fingerprint density at radius 2 is 1.78 bits per heavy atom. The van der Waals surface area contributed by atoms with Crippen molar-refractivity contribution < 1.29 is 13.2 Å². The minimum atomic E-state index is -3.32. The summed E-state index contributed by atoms with van der Waals surface area (Å²) in [6, 6.07) is 10.1. The number of anilines is 2. The number of benzene rings is 1. The monoisotopic (exact) mass is 541 g/mol. The fourth-order valence-corrected chi connectivity index (χ4v) is 9.18. The van der Waals surface area contributed by atoms with Gasteiger partial charge >= 0.3 is 0 Å². The summed E-state index contributed by atoms with van der Waals surface area (Å²) in [5, 5.41) is 1.73. The molecule has 0 bridgehead atoms. The Morgan fingerprint density at radius 3 is 2.46 bits per heavy atom. The van der Waals surface area contributed by atoms with Crippen LogP contribution in [0.15, 0.2) is 36.7 Å². The van der Waals surface area contributed by atoms with Crippen molar-refractivity contribution in [1.29, 1.82) is 0 Å². The SMILES string of the molecule is CCOC(C1CCN(c2ncnc3sc(N4CCCS4(=O)=O)c(-c4ccccc4)c23)CC1)N1CCCC1. The molecule has 2 aromatic heterocycles. The molecule has 0 N–H and O–H groups in total. The maximum Gasteiger partial charge on any atom is 0.235 e. The van der Waals surface area contributed by atoms with E-state index < -0.39 is 10.0 Å². The molecule has 198 valence electrons. The molecule has 0 saturated carbocycles. The van der Waals surface area contributed by atoms with Gasteiger partial charge in [0.25, 0.3) is 0 Å². The number of likely N-dealkylation sites (tertiary alicyclic amines) is 1. The smallest absolute Gasteiger partial charge is 0.235 e. The molecule has 0 amide bonds. The van der Waals surface area contributed by atoms with Crippen LogP contribution in [0.1, 0.15) is 39.0 Å². The van der Waals surface area contributed by atoms with Gasteiger partial charge in [0, 0.05) is 50.8 Å². The van der Waals surface area contributed by atoms with Crippen LogP contribution in [-0.2, 0) is 14.8 Å². The van der Waals surface area contributed by atoms with Crippen LogP contribution in [-0.4, -0.2) is 74.6 Å².